The monoisotopic (exact) mass is 688 g/mol. The molecule has 5 heteroatoms. The molecule has 1 heterocycles. The number of nitrogens with zero attached hydrogens (tertiary/aromatic N) is 2. The first-order valence-corrected chi connectivity index (χ1v) is 13.6. The molecule has 4 nitrogen and oxygen atoms in total. The van der Waals surface area contributed by atoms with E-state index in [0.717, 1.165) is 41.0 Å². The predicted molar refractivity (Wildman–Crippen MR) is 150 cm³/mol. The van der Waals surface area contributed by atoms with Crippen LogP contribution in [0.25, 0.3) is 28.1 Å². The Morgan fingerprint density at radius 1 is 0.842 bits per heavy atom. The van der Waals surface area contributed by atoms with Crippen LogP contribution in [-0.2, 0) is 20.1 Å². The molecule has 4 unspecified atom stereocenters. The number of hydrogen-bond acceptors (Lipinski definition) is 3. The molecule has 2 N–H and O–H groups in total. The van der Waals surface area contributed by atoms with Crippen LogP contribution in [0.5, 0.6) is 0 Å². The maximum absolute atomic E-state index is 10.5. The number of aliphatic hydroxyl groups is 2. The Morgan fingerprint density at radius 2 is 1.50 bits per heavy atom. The van der Waals surface area contributed by atoms with Crippen molar-refractivity contribution in [2.45, 2.75) is 65.6 Å². The fourth-order valence-electron chi connectivity index (χ4n) is 6.50. The van der Waals surface area contributed by atoms with Crippen molar-refractivity contribution in [1.82, 2.24) is 9.55 Å². The van der Waals surface area contributed by atoms with Gasteiger partial charge in [-0.05, 0) is 60.3 Å². The zero-order chi connectivity index (χ0) is 26.2. The summed E-state index contributed by atoms with van der Waals surface area (Å²) < 4.78 is 2.18. The fourth-order valence-corrected chi connectivity index (χ4v) is 6.50. The number of aliphatic hydroxyl groups excluding tert-OH is 2. The van der Waals surface area contributed by atoms with Crippen LogP contribution >= 0.6 is 0 Å². The van der Waals surface area contributed by atoms with Crippen molar-refractivity contribution < 1.29 is 30.3 Å². The molecule has 2 saturated carbocycles. The molecule has 1 radical (unpaired) electrons. The van der Waals surface area contributed by atoms with Gasteiger partial charge in [0.2, 0.25) is 0 Å². The van der Waals surface area contributed by atoms with Crippen LogP contribution in [0.4, 0.5) is 0 Å². The number of benzene rings is 3. The van der Waals surface area contributed by atoms with Gasteiger partial charge in [-0.15, -0.1) is 35.9 Å². The Kier molecular flexibility index (Phi) is 8.64. The van der Waals surface area contributed by atoms with Crippen LogP contribution in [0.3, 0.4) is 0 Å². The third-order valence-corrected chi connectivity index (χ3v) is 8.58. The molecule has 0 bridgehead atoms. The van der Waals surface area contributed by atoms with Crippen LogP contribution in [0.15, 0.2) is 78.9 Å². The summed E-state index contributed by atoms with van der Waals surface area (Å²) in [5, 5.41) is 20.9. The standard InChI is InChI=1S/C19H13N2.C14H26O2.Ir/c1-3-9-15(10-4-1)19-20-17-13-7-8-14-18(17)21(19)16-11-5-2-6-12-16;1-13(2)7-5-6-9-8-14(3,4)12(16)10(9)11(13)15;/h1-9,11-14H;9-12,15-16H,5-8H2,1-4H3;/q-1;;. The van der Waals surface area contributed by atoms with E-state index in [4.69, 9.17) is 4.98 Å². The van der Waals surface area contributed by atoms with E-state index < -0.39 is 0 Å². The molecule has 0 aliphatic heterocycles. The van der Waals surface area contributed by atoms with E-state index in [9.17, 15) is 10.2 Å². The van der Waals surface area contributed by atoms with Crippen LogP contribution in [0, 0.1) is 28.7 Å². The quantitative estimate of drug-likeness (QED) is 0.222. The summed E-state index contributed by atoms with van der Waals surface area (Å²) in [6.07, 6.45) is 3.81. The molecule has 203 valence electrons. The largest absolute Gasteiger partial charge is 0.392 e. The average molecular weight is 688 g/mol. The Morgan fingerprint density at radius 3 is 2.21 bits per heavy atom. The van der Waals surface area contributed by atoms with Crippen molar-refractivity contribution in [3.05, 3.63) is 84.9 Å². The summed E-state index contributed by atoms with van der Waals surface area (Å²) in [6, 6.07) is 29.7. The van der Waals surface area contributed by atoms with E-state index in [0.29, 0.717) is 5.92 Å². The molecule has 6 rings (SSSR count). The molecule has 0 amide bonds. The number of hydrogen-bond donors (Lipinski definition) is 2. The summed E-state index contributed by atoms with van der Waals surface area (Å²) in [5.74, 6) is 1.53. The van der Waals surface area contributed by atoms with Gasteiger partial charge in [0.05, 0.1) is 29.1 Å². The van der Waals surface area contributed by atoms with Gasteiger partial charge in [0, 0.05) is 31.7 Å². The number of imidazole rings is 1. The summed E-state index contributed by atoms with van der Waals surface area (Å²) in [5.41, 5.74) is 4.14. The molecule has 0 saturated heterocycles. The Balaban J connectivity index is 0.000000179. The number of aromatic nitrogens is 2. The number of para-hydroxylation sites is 3. The summed E-state index contributed by atoms with van der Waals surface area (Å²) in [6.45, 7) is 8.54. The molecular formula is C33H39IrN2O2-. The minimum atomic E-state index is -0.350. The Labute approximate surface area is 240 Å². The van der Waals surface area contributed by atoms with Gasteiger partial charge in [-0.3, -0.25) is 4.98 Å². The van der Waals surface area contributed by atoms with Crippen LogP contribution in [0.2, 0.25) is 0 Å². The van der Waals surface area contributed by atoms with E-state index in [2.05, 4.69) is 56.5 Å². The van der Waals surface area contributed by atoms with Crippen LogP contribution < -0.4 is 0 Å². The second-order valence-electron chi connectivity index (χ2n) is 12.2. The van der Waals surface area contributed by atoms with E-state index >= 15 is 0 Å². The predicted octanol–water partition coefficient (Wildman–Crippen LogP) is 7.07. The van der Waals surface area contributed by atoms with E-state index in [1.165, 1.54) is 12.8 Å². The summed E-state index contributed by atoms with van der Waals surface area (Å²) in [4.78, 5) is 4.79. The van der Waals surface area contributed by atoms with Crippen molar-refractivity contribution in [3.63, 3.8) is 0 Å². The van der Waals surface area contributed by atoms with Gasteiger partial charge in [0.25, 0.3) is 0 Å². The molecule has 2 aliphatic carbocycles. The second kappa shape index (κ2) is 11.4. The van der Waals surface area contributed by atoms with E-state index in [-0.39, 0.29) is 49.1 Å². The average Bonchev–Trinajstić information content (AvgIpc) is 3.35. The molecular weight excluding hydrogens is 649 g/mol. The maximum atomic E-state index is 10.5. The fraction of sp³-hybridized carbons (Fsp3) is 0.424. The van der Waals surface area contributed by atoms with Crippen molar-refractivity contribution >= 4 is 11.0 Å². The van der Waals surface area contributed by atoms with Gasteiger partial charge in [-0.25, -0.2) is 0 Å². The van der Waals surface area contributed by atoms with Gasteiger partial charge in [0.15, 0.2) is 0 Å². The van der Waals surface area contributed by atoms with Crippen molar-refractivity contribution in [2.24, 2.45) is 22.7 Å². The summed E-state index contributed by atoms with van der Waals surface area (Å²) >= 11 is 0. The molecule has 38 heavy (non-hydrogen) atoms. The zero-order valence-corrected chi connectivity index (χ0v) is 25.2. The minimum Gasteiger partial charge on any atom is -0.392 e. The zero-order valence-electron chi connectivity index (χ0n) is 22.8. The van der Waals surface area contributed by atoms with E-state index in [1.807, 2.05) is 60.7 Å². The molecule has 2 aliphatic rings. The van der Waals surface area contributed by atoms with Crippen molar-refractivity contribution in [2.75, 3.05) is 0 Å². The first kappa shape index (κ1) is 28.7. The van der Waals surface area contributed by atoms with Gasteiger partial charge in [-0.2, -0.15) is 0 Å². The first-order chi connectivity index (χ1) is 17.7. The van der Waals surface area contributed by atoms with Gasteiger partial charge in [0.1, 0.15) is 0 Å². The topological polar surface area (TPSA) is 58.3 Å². The molecule has 4 aromatic rings. The third-order valence-electron chi connectivity index (χ3n) is 8.58. The molecule has 0 spiro atoms. The van der Waals surface area contributed by atoms with Crippen LogP contribution in [-0.4, -0.2) is 32.0 Å². The van der Waals surface area contributed by atoms with E-state index in [1.54, 1.807) is 0 Å². The molecule has 2 fully saturated rings. The number of fused-ring (bicyclic) bond motifs is 2. The minimum absolute atomic E-state index is 0. The molecule has 1 aromatic heterocycles. The normalized spacial score (nSPS) is 25.4. The molecule has 3 aromatic carbocycles. The smallest absolute Gasteiger partial charge is 0.0774 e. The Bertz CT molecular complexity index is 1330. The second-order valence-corrected chi connectivity index (χ2v) is 12.2. The third kappa shape index (κ3) is 5.53. The first-order valence-electron chi connectivity index (χ1n) is 13.6. The molecule has 4 atom stereocenters. The van der Waals surface area contributed by atoms with Gasteiger partial charge >= 0.3 is 0 Å². The Hall–Kier alpha value is -2.30. The van der Waals surface area contributed by atoms with Gasteiger partial charge in [-0.1, -0.05) is 64.4 Å². The van der Waals surface area contributed by atoms with Crippen molar-refractivity contribution in [1.29, 1.82) is 0 Å². The SMILES string of the molecule is CC1(C)CCCC2CC(C)(C)C(O)C2C1O.[Ir].[c-]1ccccc1-c1nc2ccccc2n1-c1ccccc1. The van der Waals surface area contributed by atoms with Crippen molar-refractivity contribution in [3.8, 4) is 17.1 Å². The van der Waals surface area contributed by atoms with Crippen LogP contribution in [0.1, 0.15) is 53.4 Å². The summed E-state index contributed by atoms with van der Waals surface area (Å²) in [7, 11) is 0. The van der Waals surface area contributed by atoms with Gasteiger partial charge < -0.3 is 14.8 Å². The number of rotatable bonds is 2. The maximum Gasteiger partial charge on any atom is 0.0774 e.